The Balaban J connectivity index is 1.98. The van der Waals surface area contributed by atoms with Gasteiger partial charge in [0, 0.05) is 12.0 Å². The fourth-order valence-electron chi connectivity index (χ4n) is 3.20. The van der Waals surface area contributed by atoms with Crippen molar-refractivity contribution in [2.24, 2.45) is 23.0 Å². The summed E-state index contributed by atoms with van der Waals surface area (Å²) < 4.78 is 5.48. The minimum atomic E-state index is -0.0686. The first-order valence-electron chi connectivity index (χ1n) is 7.41. The molecule has 1 aliphatic rings. The number of nitrogens with one attached hydrogen (secondary N) is 1. The van der Waals surface area contributed by atoms with Gasteiger partial charge in [0.05, 0.1) is 6.54 Å². The highest BCUT2D eigenvalue weighted by molar-refractivity contribution is 5.79. The first-order chi connectivity index (χ1) is 9.32. The van der Waals surface area contributed by atoms with Crippen molar-refractivity contribution in [3.63, 3.8) is 0 Å². The second-order valence-electron chi connectivity index (χ2n) is 6.63. The van der Waals surface area contributed by atoms with Gasteiger partial charge in [0.2, 0.25) is 5.91 Å². The second kappa shape index (κ2) is 5.60. The number of carbonyl (C=O) groups is 1. The Morgan fingerprint density at radius 1 is 1.45 bits per heavy atom. The molecule has 0 spiro atoms. The summed E-state index contributed by atoms with van der Waals surface area (Å²) in [6.07, 6.45) is 1.78. The van der Waals surface area contributed by atoms with Gasteiger partial charge in [-0.25, -0.2) is 0 Å². The third kappa shape index (κ3) is 2.90. The molecule has 3 unspecified atom stereocenters. The molecule has 1 aliphatic carbocycles. The van der Waals surface area contributed by atoms with Gasteiger partial charge < -0.3 is 15.5 Å². The Morgan fingerprint density at radius 2 is 2.15 bits per heavy atom. The maximum Gasteiger partial charge on any atom is 0.224 e. The summed E-state index contributed by atoms with van der Waals surface area (Å²) in [5, 5.41) is 3.00. The van der Waals surface area contributed by atoms with Crippen LogP contribution in [0.3, 0.4) is 0 Å². The Bertz CT molecular complexity index is 479. The van der Waals surface area contributed by atoms with E-state index in [-0.39, 0.29) is 23.3 Å². The molecule has 1 amide bonds. The molecule has 3 atom stereocenters. The smallest absolute Gasteiger partial charge is 0.224 e. The van der Waals surface area contributed by atoms with E-state index in [0.29, 0.717) is 12.5 Å². The largest absolute Gasteiger partial charge is 0.465 e. The summed E-state index contributed by atoms with van der Waals surface area (Å²) in [5.74, 6) is 2.15. The highest BCUT2D eigenvalue weighted by atomic mass is 16.3. The van der Waals surface area contributed by atoms with Crippen LogP contribution in [0.2, 0.25) is 0 Å². The summed E-state index contributed by atoms with van der Waals surface area (Å²) >= 11 is 0. The van der Waals surface area contributed by atoms with Gasteiger partial charge in [-0.1, -0.05) is 20.8 Å². The minimum Gasteiger partial charge on any atom is -0.465 e. The lowest BCUT2D eigenvalue weighted by molar-refractivity contribution is -0.132. The number of furan rings is 1. The molecule has 1 aromatic rings. The van der Waals surface area contributed by atoms with E-state index in [0.717, 1.165) is 24.4 Å². The fraction of sp³-hybridized carbons (Fsp3) is 0.688. The lowest BCUT2D eigenvalue weighted by Gasteiger charge is -2.46. The van der Waals surface area contributed by atoms with Gasteiger partial charge in [-0.2, -0.15) is 0 Å². The highest BCUT2D eigenvalue weighted by Gasteiger charge is 2.44. The molecule has 0 radical (unpaired) electrons. The van der Waals surface area contributed by atoms with Crippen LogP contribution in [0.25, 0.3) is 0 Å². The maximum absolute atomic E-state index is 12.5. The van der Waals surface area contributed by atoms with E-state index >= 15 is 0 Å². The van der Waals surface area contributed by atoms with Gasteiger partial charge in [-0.15, -0.1) is 0 Å². The van der Waals surface area contributed by atoms with E-state index in [2.05, 4.69) is 26.1 Å². The molecule has 1 saturated carbocycles. The molecule has 0 aromatic carbocycles. The van der Waals surface area contributed by atoms with E-state index in [4.69, 9.17) is 10.2 Å². The Hall–Kier alpha value is -1.29. The van der Waals surface area contributed by atoms with Gasteiger partial charge in [0.25, 0.3) is 0 Å². The fourth-order valence-corrected chi connectivity index (χ4v) is 3.20. The van der Waals surface area contributed by atoms with Gasteiger partial charge in [0.15, 0.2) is 0 Å². The molecule has 0 saturated heterocycles. The SMILES string of the molecule is Cc1ccc(CNC(=O)C2CCC(N)C(C)C2(C)C)o1. The lowest BCUT2D eigenvalue weighted by Crippen LogP contribution is -2.51. The summed E-state index contributed by atoms with van der Waals surface area (Å²) in [4.78, 5) is 12.5. The first kappa shape index (κ1) is 15.1. The molecule has 1 fully saturated rings. The number of rotatable bonds is 3. The molecule has 1 aromatic heterocycles. The monoisotopic (exact) mass is 278 g/mol. The molecule has 3 N–H and O–H groups in total. The number of carbonyl (C=O) groups excluding carboxylic acids is 1. The number of nitrogens with two attached hydrogens (primary N) is 1. The van der Waals surface area contributed by atoms with E-state index < -0.39 is 0 Å². The minimum absolute atomic E-state index is 0.0216. The average molecular weight is 278 g/mol. The summed E-state index contributed by atoms with van der Waals surface area (Å²) in [5.41, 5.74) is 6.07. The van der Waals surface area contributed by atoms with Gasteiger partial charge in [0.1, 0.15) is 11.5 Å². The quantitative estimate of drug-likeness (QED) is 0.893. The molecular weight excluding hydrogens is 252 g/mol. The van der Waals surface area contributed by atoms with Crippen molar-refractivity contribution < 1.29 is 9.21 Å². The number of hydrogen-bond acceptors (Lipinski definition) is 3. The number of amides is 1. The number of aryl methyl sites for hydroxylation is 1. The zero-order valence-electron chi connectivity index (χ0n) is 12.9. The topological polar surface area (TPSA) is 68.3 Å². The molecule has 2 rings (SSSR count). The summed E-state index contributed by atoms with van der Waals surface area (Å²) in [6.45, 7) is 8.81. The van der Waals surface area contributed by atoms with Gasteiger partial charge in [-0.05, 0) is 43.2 Å². The zero-order chi connectivity index (χ0) is 14.9. The second-order valence-corrected chi connectivity index (χ2v) is 6.63. The van der Waals surface area contributed by atoms with E-state index in [1.165, 1.54) is 0 Å². The third-order valence-corrected chi connectivity index (χ3v) is 5.05. The van der Waals surface area contributed by atoms with Crippen molar-refractivity contribution in [1.29, 1.82) is 0 Å². The Labute approximate surface area is 121 Å². The van der Waals surface area contributed by atoms with Crippen molar-refractivity contribution >= 4 is 5.91 Å². The summed E-state index contributed by atoms with van der Waals surface area (Å²) in [6, 6.07) is 4.01. The molecule has 4 heteroatoms. The zero-order valence-corrected chi connectivity index (χ0v) is 12.9. The van der Waals surface area contributed by atoms with Crippen LogP contribution < -0.4 is 11.1 Å². The molecule has 1 heterocycles. The molecule has 112 valence electrons. The van der Waals surface area contributed by atoms with Crippen LogP contribution in [0.1, 0.15) is 45.1 Å². The average Bonchev–Trinajstić information content (AvgIpc) is 2.79. The standard InChI is InChI=1S/C16H26N2O2/c1-10-5-6-12(20-10)9-18-15(19)13-7-8-14(17)11(2)16(13,3)4/h5-6,11,13-14H,7-9,17H2,1-4H3,(H,18,19). The van der Waals surface area contributed by atoms with Crippen molar-refractivity contribution in [2.75, 3.05) is 0 Å². The Morgan fingerprint density at radius 3 is 2.75 bits per heavy atom. The Kier molecular flexibility index (Phi) is 4.23. The van der Waals surface area contributed by atoms with Crippen molar-refractivity contribution in [3.05, 3.63) is 23.7 Å². The van der Waals surface area contributed by atoms with Crippen LogP contribution in [-0.2, 0) is 11.3 Å². The van der Waals surface area contributed by atoms with Crippen molar-refractivity contribution in [3.8, 4) is 0 Å². The van der Waals surface area contributed by atoms with E-state index in [9.17, 15) is 4.79 Å². The van der Waals surface area contributed by atoms with Gasteiger partial charge in [-0.3, -0.25) is 4.79 Å². The van der Waals surface area contributed by atoms with Crippen LogP contribution in [0.5, 0.6) is 0 Å². The molecule has 0 bridgehead atoms. The normalized spacial score (nSPS) is 29.1. The van der Waals surface area contributed by atoms with Crippen LogP contribution in [0, 0.1) is 24.2 Å². The third-order valence-electron chi connectivity index (χ3n) is 5.05. The van der Waals surface area contributed by atoms with Crippen LogP contribution in [0.4, 0.5) is 0 Å². The van der Waals surface area contributed by atoms with Crippen molar-refractivity contribution in [2.45, 2.75) is 53.1 Å². The first-order valence-corrected chi connectivity index (χ1v) is 7.41. The maximum atomic E-state index is 12.5. The van der Waals surface area contributed by atoms with Crippen LogP contribution >= 0.6 is 0 Å². The van der Waals surface area contributed by atoms with Gasteiger partial charge >= 0.3 is 0 Å². The summed E-state index contributed by atoms with van der Waals surface area (Å²) in [7, 11) is 0. The predicted octanol–water partition coefficient (Wildman–Crippen LogP) is 2.60. The van der Waals surface area contributed by atoms with E-state index in [1.54, 1.807) is 0 Å². The molecular formula is C16H26N2O2. The van der Waals surface area contributed by atoms with E-state index in [1.807, 2.05) is 19.1 Å². The molecule has 4 nitrogen and oxygen atoms in total. The predicted molar refractivity (Wildman–Crippen MR) is 78.9 cm³/mol. The van der Waals surface area contributed by atoms with Crippen molar-refractivity contribution in [1.82, 2.24) is 5.32 Å². The lowest BCUT2D eigenvalue weighted by atomic mass is 9.61. The highest BCUT2D eigenvalue weighted by Crippen LogP contribution is 2.44. The van der Waals surface area contributed by atoms with Crippen LogP contribution in [-0.4, -0.2) is 11.9 Å². The van der Waals surface area contributed by atoms with Crippen LogP contribution in [0.15, 0.2) is 16.5 Å². The number of hydrogen-bond donors (Lipinski definition) is 2. The molecule has 0 aliphatic heterocycles. The molecule has 20 heavy (non-hydrogen) atoms.